The molecule has 0 bridgehead atoms. The lowest BCUT2D eigenvalue weighted by molar-refractivity contribution is -0.111. The molecule has 1 unspecified atom stereocenters. The lowest BCUT2D eigenvalue weighted by Gasteiger charge is -2.23. The van der Waals surface area contributed by atoms with Gasteiger partial charge in [-0.2, -0.15) is 0 Å². The molecule has 0 heterocycles. The second-order valence-electron chi connectivity index (χ2n) is 8.29. The van der Waals surface area contributed by atoms with Crippen LogP contribution in [0.1, 0.15) is 25.7 Å². The quantitative estimate of drug-likeness (QED) is 0.787. The lowest BCUT2D eigenvalue weighted by atomic mass is 10.0. The van der Waals surface area contributed by atoms with E-state index in [1.54, 1.807) is 0 Å². The predicted octanol–water partition coefficient (Wildman–Crippen LogP) is 3.85. The SMILES string of the molecule is C[Si](C)(C)C1=C2CCCC(O)CC2=C([Si](C)(C)C)C1=O. The summed E-state index contributed by atoms with van der Waals surface area (Å²) in [5, 5.41) is 12.4. The highest BCUT2D eigenvalue weighted by Crippen LogP contribution is 2.44. The molecule has 1 atom stereocenters. The molecule has 0 amide bonds. The number of aliphatic hydroxyl groups excluding tert-OH is 1. The molecule has 1 saturated carbocycles. The third-order valence-electron chi connectivity index (χ3n) is 4.33. The minimum Gasteiger partial charge on any atom is -0.393 e. The molecule has 0 aromatic carbocycles. The van der Waals surface area contributed by atoms with Crippen molar-refractivity contribution in [2.24, 2.45) is 0 Å². The summed E-state index contributed by atoms with van der Waals surface area (Å²) in [4.78, 5) is 13.1. The number of allylic oxidation sites excluding steroid dienone is 3. The van der Waals surface area contributed by atoms with Gasteiger partial charge in [-0.1, -0.05) is 39.3 Å². The molecule has 2 rings (SSSR count). The number of fused-ring (bicyclic) bond motifs is 1. The molecule has 0 spiro atoms. The summed E-state index contributed by atoms with van der Waals surface area (Å²) >= 11 is 0. The van der Waals surface area contributed by atoms with Crippen LogP contribution >= 0.6 is 0 Å². The number of carbonyl (C=O) groups is 1. The Bertz CT molecular complexity index is 502. The Kier molecular flexibility index (Phi) is 4.04. The molecule has 2 nitrogen and oxygen atoms in total. The molecule has 1 fully saturated rings. The molecule has 0 aliphatic heterocycles. The number of hydrogen-bond donors (Lipinski definition) is 1. The Hall–Kier alpha value is -0.456. The highest BCUT2D eigenvalue weighted by Gasteiger charge is 2.43. The van der Waals surface area contributed by atoms with E-state index in [4.69, 9.17) is 0 Å². The van der Waals surface area contributed by atoms with Crippen molar-refractivity contribution in [3.05, 3.63) is 21.5 Å². The third kappa shape index (κ3) is 2.78. The molecule has 4 heteroatoms. The van der Waals surface area contributed by atoms with Crippen LogP contribution in [0.15, 0.2) is 21.5 Å². The van der Waals surface area contributed by atoms with E-state index < -0.39 is 16.1 Å². The lowest BCUT2D eigenvalue weighted by Crippen LogP contribution is -2.35. The first-order valence-electron chi connectivity index (χ1n) is 7.74. The van der Waals surface area contributed by atoms with E-state index in [1.807, 2.05) is 0 Å². The normalized spacial score (nSPS) is 25.1. The zero-order valence-electron chi connectivity index (χ0n) is 13.8. The average molecular weight is 309 g/mol. The molecule has 20 heavy (non-hydrogen) atoms. The van der Waals surface area contributed by atoms with Crippen LogP contribution in [0.3, 0.4) is 0 Å². The maximum atomic E-state index is 13.1. The van der Waals surface area contributed by atoms with Crippen molar-refractivity contribution in [1.82, 2.24) is 0 Å². The summed E-state index contributed by atoms with van der Waals surface area (Å²) in [6, 6.07) is 0. The smallest absolute Gasteiger partial charge is 0.177 e. The Morgan fingerprint density at radius 2 is 1.45 bits per heavy atom. The van der Waals surface area contributed by atoms with Gasteiger partial charge in [-0.15, -0.1) is 0 Å². The van der Waals surface area contributed by atoms with Gasteiger partial charge in [0.2, 0.25) is 0 Å². The zero-order valence-corrected chi connectivity index (χ0v) is 15.8. The van der Waals surface area contributed by atoms with Gasteiger partial charge >= 0.3 is 0 Å². The van der Waals surface area contributed by atoms with Gasteiger partial charge in [0.05, 0.1) is 22.3 Å². The van der Waals surface area contributed by atoms with Crippen LogP contribution in [0.25, 0.3) is 0 Å². The topological polar surface area (TPSA) is 37.3 Å². The summed E-state index contributed by atoms with van der Waals surface area (Å²) in [7, 11) is -3.30. The molecule has 2 aliphatic carbocycles. The largest absolute Gasteiger partial charge is 0.393 e. The summed E-state index contributed by atoms with van der Waals surface area (Å²) in [5.74, 6) is 0.349. The molecule has 1 N–H and O–H groups in total. The molecule has 112 valence electrons. The van der Waals surface area contributed by atoms with E-state index >= 15 is 0 Å². The number of carbonyl (C=O) groups excluding carboxylic acids is 1. The standard InChI is InChI=1S/C16H28O2Si2/c1-19(2,3)15-12-9-7-8-11(17)10-13(12)16(14(15)18)20(4,5)6/h11,17H,7-10H2,1-6H3. The van der Waals surface area contributed by atoms with Crippen LogP contribution in [-0.4, -0.2) is 33.1 Å². The fourth-order valence-electron chi connectivity index (χ4n) is 3.64. The Balaban J connectivity index is 2.63. The number of Topliss-reactive ketones (excluding diaryl/α,β-unsaturated/α-hetero) is 1. The van der Waals surface area contributed by atoms with Gasteiger partial charge in [-0.25, -0.2) is 0 Å². The fraction of sp³-hybridized carbons (Fsp3) is 0.688. The molecular weight excluding hydrogens is 280 g/mol. The minimum atomic E-state index is -1.67. The maximum absolute atomic E-state index is 13.1. The average Bonchev–Trinajstić information content (AvgIpc) is 2.37. The van der Waals surface area contributed by atoms with E-state index in [2.05, 4.69) is 39.3 Å². The van der Waals surface area contributed by atoms with E-state index in [-0.39, 0.29) is 6.10 Å². The van der Waals surface area contributed by atoms with Gasteiger partial charge in [0.25, 0.3) is 0 Å². The number of rotatable bonds is 2. The van der Waals surface area contributed by atoms with Gasteiger partial charge < -0.3 is 5.11 Å². The van der Waals surface area contributed by atoms with Crippen LogP contribution in [-0.2, 0) is 4.79 Å². The van der Waals surface area contributed by atoms with E-state index in [9.17, 15) is 9.90 Å². The first kappa shape index (κ1) is 15.9. The summed E-state index contributed by atoms with van der Waals surface area (Å²) in [6.07, 6.45) is 3.32. The van der Waals surface area contributed by atoms with E-state index in [0.717, 1.165) is 24.5 Å². The summed E-state index contributed by atoms with van der Waals surface area (Å²) in [5.41, 5.74) is 2.58. The first-order chi connectivity index (χ1) is 9.03. The summed E-state index contributed by atoms with van der Waals surface area (Å²) < 4.78 is 0. The predicted molar refractivity (Wildman–Crippen MR) is 90.2 cm³/mol. The van der Waals surface area contributed by atoms with Crippen LogP contribution in [0.2, 0.25) is 39.3 Å². The third-order valence-corrected chi connectivity index (χ3v) is 8.38. The monoisotopic (exact) mass is 308 g/mol. The van der Waals surface area contributed by atoms with Crippen LogP contribution in [0.4, 0.5) is 0 Å². The van der Waals surface area contributed by atoms with E-state index in [1.165, 1.54) is 16.3 Å². The maximum Gasteiger partial charge on any atom is 0.177 e. The number of ketones is 1. The summed E-state index contributed by atoms with van der Waals surface area (Å²) in [6.45, 7) is 13.6. The van der Waals surface area contributed by atoms with Crippen molar-refractivity contribution in [1.29, 1.82) is 0 Å². The van der Waals surface area contributed by atoms with E-state index in [0.29, 0.717) is 12.2 Å². The van der Waals surface area contributed by atoms with Crippen molar-refractivity contribution in [2.45, 2.75) is 71.1 Å². The van der Waals surface area contributed by atoms with Crippen molar-refractivity contribution >= 4 is 21.9 Å². The number of aliphatic hydroxyl groups is 1. The second-order valence-corrected chi connectivity index (χ2v) is 18.3. The van der Waals surface area contributed by atoms with Crippen LogP contribution < -0.4 is 0 Å². The molecule has 0 aromatic heterocycles. The van der Waals surface area contributed by atoms with Crippen molar-refractivity contribution in [3.63, 3.8) is 0 Å². The highest BCUT2D eigenvalue weighted by atomic mass is 28.3. The number of hydrogen-bond acceptors (Lipinski definition) is 2. The van der Waals surface area contributed by atoms with Gasteiger partial charge in [-0.3, -0.25) is 4.79 Å². The van der Waals surface area contributed by atoms with Crippen molar-refractivity contribution < 1.29 is 9.90 Å². The van der Waals surface area contributed by atoms with Gasteiger partial charge in [0, 0.05) is 0 Å². The Labute approximate surface area is 125 Å². The van der Waals surface area contributed by atoms with Gasteiger partial charge in [0.15, 0.2) is 5.78 Å². The Morgan fingerprint density at radius 1 is 0.950 bits per heavy atom. The van der Waals surface area contributed by atoms with Crippen molar-refractivity contribution in [3.8, 4) is 0 Å². The van der Waals surface area contributed by atoms with Crippen LogP contribution in [0.5, 0.6) is 0 Å². The molecule has 0 aromatic rings. The first-order valence-corrected chi connectivity index (χ1v) is 14.7. The fourth-order valence-corrected chi connectivity index (χ4v) is 7.72. The van der Waals surface area contributed by atoms with Gasteiger partial charge in [0.1, 0.15) is 0 Å². The molecular formula is C16H28O2Si2. The van der Waals surface area contributed by atoms with Crippen molar-refractivity contribution in [2.75, 3.05) is 0 Å². The molecule has 0 saturated heterocycles. The highest BCUT2D eigenvalue weighted by molar-refractivity contribution is 6.94. The second kappa shape index (κ2) is 5.07. The molecule has 0 radical (unpaired) electrons. The zero-order chi connectivity index (χ0) is 15.3. The van der Waals surface area contributed by atoms with Crippen LogP contribution in [0, 0.1) is 0 Å². The van der Waals surface area contributed by atoms with Gasteiger partial charge in [-0.05, 0) is 47.2 Å². The molecule has 2 aliphatic rings. The minimum absolute atomic E-state index is 0.261. The Morgan fingerprint density at radius 3 is 1.95 bits per heavy atom.